The van der Waals surface area contributed by atoms with Crippen LogP contribution in [0.25, 0.3) is 0 Å². The molecule has 0 spiro atoms. The van der Waals surface area contributed by atoms with Crippen LogP contribution < -0.4 is 4.90 Å². The van der Waals surface area contributed by atoms with E-state index in [4.69, 9.17) is 21.4 Å². The molecule has 1 unspecified atom stereocenters. The van der Waals surface area contributed by atoms with Crippen molar-refractivity contribution in [3.63, 3.8) is 0 Å². The first-order valence-corrected chi connectivity index (χ1v) is 5.98. The van der Waals surface area contributed by atoms with Crippen LogP contribution in [-0.4, -0.2) is 42.4 Å². The number of ether oxygens (including phenoxy) is 1. The van der Waals surface area contributed by atoms with Gasteiger partial charge in [-0.3, -0.25) is 0 Å². The van der Waals surface area contributed by atoms with E-state index in [-0.39, 0.29) is 16.1 Å². The number of carbonyl (C=O) groups is 1. The highest BCUT2D eigenvalue weighted by Gasteiger charge is 2.26. The first-order chi connectivity index (χ1) is 7.61. The van der Waals surface area contributed by atoms with Crippen LogP contribution in [0, 0.1) is 0 Å². The number of nitrogens with zero attached hydrogens (tertiary/aromatic N) is 2. The van der Waals surface area contributed by atoms with Crippen LogP contribution in [0.15, 0.2) is 0 Å². The molecule has 0 aliphatic carbocycles. The van der Waals surface area contributed by atoms with Crippen molar-refractivity contribution in [3.8, 4) is 0 Å². The third kappa shape index (κ3) is 2.14. The minimum Gasteiger partial charge on any atom is -0.477 e. The van der Waals surface area contributed by atoms with Gasteiger partial charge in [0.1, 0.15) is 0 Å². The number of methoxy groups -OCH3 is 1. The summed E-state index contributed by atoms with van der Waals surface area (Å²) in [5.74, 6) is -1.03. The Hall–Kier alpha value is -0.850. The molecular formula is C9H11ClN2O3S. The summed E-state index contributed by atoms with van der Waals surface area (Å²) in [6.45, 7) is 1.56. The monoisotopic (exact) mass is 262 g/mol. The summed E-state index contributed by atoms with van der Waals surface area (Å²) in [5, 5.41) is 9.58. The lowest BCUT2D eigenvalue weighted by Gasteiger charge is -2.13. The van der Waals surface area contributed by atoms with Gasteiger partial charge in [0.2, 0.25) is 0 Å². The Labute approximate surface area is 102 Å². The van der Waals surface area contributed by atoms with E-state index >= 15 is 0 Å². The van der Waals surface area contributed by atoms with Crippen molar-refractivity contribution in [1.82, 2.24) is 4.98 Å². The highest BCUT2D eigenvalue weighted by molar-refractivity contribution is 7.18. The maximum Gasteiger partial charge on any atom is 0.349 e. The second-order valence-electron chi connectivity index (χ2n) is 3.51. The van der Waals surface area contributed by atoms with Crippen LogP contribution in [0.5, 0.6) is 0 Å². The maximum absolute atomic E-state index is 10.8. The van der Waals surface area contributed by atoms with Gasteiger partial charge in [-0.15, -0.1) is 0 Å². The molecule has 1 aliphatic heterocycles. The second kappa shape index (κ2) is 4.57. The van der Waals surface area contributed by atoms with Gasteiger partial charge in [-0.1, -0.05) is 22.9 Å². The lowest BCUT2D eigenvalue weighted by molar-refractivity contribution is 0.0702. The zero-order chi connectivity index (χ0) is 11.7. The fourth-order valence-electron chi connectivity index (χ4n) is 1.65. The molecule has 1 saturated heterocycles. The molecular weight excluding hydrogens is 252 g/mol. The Kier molecular flexibility index (Phi) is 3.32. The maximum atomic E-state index is 10.8. The zero-order valence-corrected chi connectivity index (χ0v) is 10.2. The van der Waals surface area contributed by atoms with Gasteiger partial charge >= 0.3 is 5.97 Å². The highest BCUT2D eigenvalue weighted by atomic mass is 35.5. The van der Waals surface area contributed by atoms with Gasteiger partial charge in [0.25, 0.3) is 0 Å². The predicted molar refractivity (Wildman–Crippen MR) is 61.7 cm³/mol. The number of carboxylic acids is 1. The van der Waals surface area contributed by atoms with E-state index in [1.165, 1.54) is 0 Å². The molecule has 1 atom stereocenters. The average molecular weight is 263 g/mol. The van der Waals surface area contributed by atoms with E-state index in [9.17, 15) is 4.79 Å². The number of halogens is 1. The summed E-state index contributed by atoms with van der Waals surface area (Å²) in [6, 6.07) is 0. The predicted octanol–water partition coefficient (Wildman–Crippen LogP) is 1.72. The number of rotatable bonds is 3. The van der Waals surface area contributed by atoms with Gasteiger partial charge in [0, 0.05) is 20.2 Å². The molecule has 7 heteroatoms. The summed E-state index contributed by atoms with van der Waals surface area (Å²) in [4.78, 5) is 17.0. The summed E-state index contributed by atoms with van der Waals surface area (Å²) >= 11 is 6.85. The molecule has 1 fully saturated rings. The number of anilines is 1. The third-order valence-electron chi connectivity index (χ3n) is 2.52. The van der Waals surface area contributed by atoms with Crippen molar-refractivity contribution in [3.05, 3.63) is 10.0 Å². The Morgan fingerprint density at radius 2 is 2.50 bits per heavy atom. The molecule has 0 aromatic carbocycles. The number of aromatic carboxylic acids is 1. The van der Waals surface area contributed by atoms with Gasteiger partial charge in [-0.25, -0.2) is 9.78 Å². The lowest BCUT2D eigenvalue weighted by atomic mass is 10.3. The molecule has 1 N–H and O–H groups in total. The summed E-state index contributed by atoms with van der Waals surface area (Å²) < 4.78 is 5.23. The second-order valence-corrected chi connectivity index (χ2v) is 4.85. The van der Waals surface area contributed by atoms with Crippen molar-refractivity contribution >= 4 is 34.0 Å². The molecule has 1 aromatic heterocycles. The molecule has 0 amide bonds. The fraction of sp³-hybridized carbons (Fsp3) is 0.556. The molecule has 1 aliphatic rings. The number of thiazole rings is 1. The van der Waals surface area contributed by atoms with E-state index in [1.54, 1.807) is 7.11 Å². The van der Waals surface area contributed by atoms with Crippen molar-refractivity contribution in [2.24, 2.45) is 0 Å². The number of hydrogen-bond acceptors (Lipinski definition) is 5. The van der Waals surface area contributed by atoms with Crippen LogP contribution >= 0.6 is 22.9 Å². The molecule has 0 saturated carbocycles. The largest absolute Gasteiger partial charge is 0.477 e. The minimum atomic E-state index is -1.03. The number of carboxylic acid groups (broad SMARTS) is 1. The average Bonchev–Trinajstić information content (AvgIpc) is 2.83. The van der Waals surface area contributed by atoms with Gasteiger partial charge in [0.15, 0.2) is 15.2 Å². The Morgan fingerprint density at radius 1 is 1.75 bits per heavy atom. The summed E-state index contributed by atoms with van der Waals surface area (Å²) in [7, 11) is 1.67. The first-order valence-electron chi connectivity index (χ1n) is 4.79. The quantitative estimate of drug-likeness (QED) is 0.899. The Balaban J connectivity index is 2.16. The molecule has 5 nitrogen and oxygen atoms in total. The van der Waals surface area contributed by atoms with Gasteiger partial charge in [0.05, 0.1) is 6.10 Å². The topological polar surface area (TPSA) is 62.7 Å². The normalized spacial score (nSPS) is 20.4. The van der Waals surface area contributed by atoms with Gasteiger partial charge in [-0.2, -0.15) is 0 Å². The standard InChI is InChI=1S/C9H11ClN2O3S/c1-15-5-2-3-12(4-5)9-11-7(10)6(16-9)8(13)14/h5H,2-4H2,1H3,(H,13,14). The lowest BCUT2D eigenvalue weighted by Crippen LogP contribution is -2.21. The van der Waals surface area contributed by atoms with Crippen LogP contribution in [0.2, 0.25) is 5.15 Å². The molecule has 0 bridgehead atoms. The van der Waals surface area contributed by atoms with Crippen LogP contribution in [0.3, 0.4) is 0 Å². The van der Waals surface area contributed by atoms with Crippen LogP contribution in [-0.2, 0) is 4.74 Å². The van der Waals surface area contributed by atoms with Crippen LogP contribution in [0.4, 0.5) is 5.13 Å². The Bertz CT molecular complexity index is 409. The van der Waals surface area contributed by atoms with E-state index in [1.807, 2.05) is 4.90 Å². The fourth-order valence-corrected chi connectivity index (χ4v) is 2.81. The summed E-state index contributed by atoms with van der Waals surface area (Å²) in [5.41, 5.74) is 0. The van der Waals surface area contributed by atoms with Crippen LogP contribution in [0.1, 0.15) is 16.1 Å². The van der Waals surface area contributed by atoms with Crippen molar-refractivity contribution in [1.29, 1.82) is 0 Å². The molecule has 88 valence electrons. The Morgan fingerprint density at radius 3 is 3.00 bits per heavy atom. The first kappa shape index (κ1) is 11.6. The smallest absolute Gasteiger partial charge is 0.349 e. The van der Waals surface area contributed by atoms with E-state index in [2.05, 4.69) is 4.98 Å². The number of aromatic nitrogens is 1. The highest BCUT2D eigenvalue weighted by Crippen LogP contribution is 2.31. The van der Waals surface area contributed by atoms with Gasteiger partial charge in [-0.05, 0) is 6.42 Å². The molecule has 2 rings (SSSR count). The van der Waals surface area contributed by atoms with E-state index in [0.29, 0.717) is 5.13 Å². The summed E-state index contributed by atoms with van der Waals surface area (Å²) in [6.07, 6.45) is 1.12. The number of hydrogen-bond donors (Lipinski definition) is 1. The SMILES string of the molecule is COC1CCN(c2nc(Cl)c(C(=O)O)s2)C1. The molecule has 2 heterocycles. The van der Waals surface area contributed by atoms with E-state index in [0.717, 1.165) is 30.8 Å². The van der Waals surface area contributed by atoms with Crippen molar-refractivity contribution in [2.75, 3.05) is 25.1 Å². The van der Waals surface area contributed by atoms with Crippen molar-refractivity contribution in [2.45, 2.75) is 12.5 Å². The zero-order valence-electron chi connectivity index (χ0n) is 8.64. The van der Waals surface area contributed by atoms with Gasteiger partial charge < -0.3 is 14.7 Å². The third-order valence-corrected chi connectivity index (χ3v) is 4.01. The minimum absolute atomic E-state index is 0.0633. The van der Waals surface area contributed by atoms with E-state index < -0.39 is 5.97 Å². The van der Waals surface area contributed by atoms with Crippen molar-refractivity contribution < 1.29 is 14.6 Å². The molecule has 16 heavy (non-hydrogen) atoms. The molecule has 1 aromatic rings. The molecule has 0 radical (unpaired) electrons.